The Morgan fingerprint density at radius 2 is 1.83 bits per heavy atom. The number of hydrogen-bond donors (Lipinski definition) is 2. The first-order valence-electron chi connectivity index (χ1n) is 8.49. The molecule has 1 fully saturated rings. The van der Waals surface area contributed by atoms with E-state index in [2.05, 4.69) is 12.2 Å². The van der Waals surface area contributed by atoms with Crippen LogP contribution in [0.25, 0.3) is 0 Å². The molecule has 1 aliphatic heterocycles. The van der Waals surface area contributed by atoms with Gasteiger partial charge in [0.05, 0.1) is 33.9 Å². The molecular weight excluding hydrogens is 308 g/mol. The number of piperidine rings is 1. The van der Waals surface area contributed by atoms with Gasteiger partial charge in [0.15, 0.2) is 18.0 Å². The summed E-state index contributed by atoms with van der Waals surface area (Å²) in [4.78, 5) is 13.6. The summed E-state index contributed by atoms with van der Waals surface area (Å²) >= 11 is 0. The third-order valence-corrected chi connectivity index (χ3v) is 4.68. The van der Waals surface area contributed by atoms with Crippen molar-refractivity contribution in [2.24, 2.45) is 0 Å². The monoisotopic (exact) mass is 337 g/mol. The Kier molecular flexibility index (Phi) is 6.73. The Morgan fingerprint density at radius 1 is 1.17 bits per heavy atom. The molecule has 0 aliphatic carbocycles. The van der Waals surface area contributed by atoms with Gasteiger partial charge in [0, 0.05) is 6.54 Å². The van der Waals surface area contributed by atoms with E-state index in [9.17, 15) is 4.79 Å². The molecule has 6 nitrogen and oxygen atoms in total. The van der Waals surface area contributed by atoms with E-state index in [1.165, 1.54) is 24.2 Å². The molecule has 0 aromatic heterocycles. The van der Waals surface area contributed by atoms with Crippen LogP contribution in [0.5, 0.6) is 17.2 Å². The number of carbonyl (C=O) groups excluding carboxylic acids is 1. The van der Waals surface area contributed by atoms with Crippen molar-refractivity contribution in [1.29, 1.82) is 0 Å². The molecule has 1 saturated heterocycles. The molecule has 134 valence electrons. The lowest BCUT2D eigenvalue weighted by molar-refractivity contribution is -0.921. The van der Waals surface area contributed by atoms with Gasteiger partial charge in [0.25, 0.3) is 5.91 Å². The first kappa shape index (κ1) is 18.4. The molecule has 2 N–H and O–H groups in total. The summed E-state index contributed by atoms with van der Waals surface area (Å²) in [5.74, 6) is 1.82. The van der Waals surface area contributed by atoms with Crippen LogP contribution in [0, 0.1) is 0 Å². The third-order valence-electron chi connectivity index (χ3n) is 4.68. The van der Waals surface area contributed by atoms with Crippen LogP contribution < -0.4 is 24.4 Å². The highest BCUT2D eigenvalue weighted by molar-refractivity contribution is 5.76. The van der Waals surface area contributed by atoms with Crippen molar-refractivity contribution >= 4 is 5.91 Å². The van der Waals surface area contributed by atoms with E-state index in [0.29, 0.717) is 36.4 Å². The van der Waals surface area contributed by atoms with Crippen molar-refractivity contribution in [3.05, 3.63) is 17.7 Å². The van der Waals surface area contributed by atoms with Gasteiger partial charge < -0.3 is 24.4 Å². The van der Waals surface area contributed by atoms with Crippen LogP contribution in [0.15, 0.2) is 12.1 Å². The van der Waals surface area contributed by atoms with Gasteiger partial charge in [-0.15, -0.1) is 0 Å². The quantitative estimate of drug-likeness (QED) is 0.772. The number of rotatable bonds is 7. The number of hydrogen-bond acceptors (Lipinski definition) is 4. The van der Waals surface area contributed by atoms with Crippen LogP contribution in [-0.4, -0.2) is 46.4 Å². The molecule has 2 atom stereocenters. The second-order valence-electron chi connectivity index (χ2n) is 6.29. The molecule has 6 heteroatoms. The maximum absolute atomic E-state index is 12.2. The van der Waals surface area contributed by atoms with Crippen LogP contribution in [0.1, 0.15) is 31.7 Å². The molecule has 0 saturated carbocycles. The fraction of sp³-hybridized carbons (Fsp3) is 0.611. The normalized spacial score (nSPS) is 20.3. The first-order valence-corrected chi connectivity index (χ1v) is 8.49. The molecule has 1 amide bonds. The van der Waals surface area contributed by atoms with E-state index in [0.717, 1.165) is 12.1 Å². The molecule has 1 heterocycles. The number of nitrogens with one attached hydrogen (secondary N) is 2. The van der Waals surface area contributed by atoms with E-state index < -0.39 is 0 Å². The Morgan fingerprint density at radius 3 is 2.38 bits per heavy atom. The summed E-state index contributed by atoms with van der Waals surface area (Å²) in [6, 6.07) is 4.28. The summed E-state index contributed by atoms with van der Waals surface area (Å²) in [6.07, 6.45) is 3.69. The van der Waals surface area contributed by atoms with E-state index in [4.69, 9.17) is 14.2 Å². The Bertz CT molecular complexity index is 537. The lowest BCUT2D eigenvalue weighted by Crippen LogP contribution is -3.17. The Hall–Kier alpha value is -1.95. The van der Waals surface area contributed by atoms with Crippen LogP contribution in [-0.2, 0) is 11.3 Å². The van der Waals surface area contributed by atoms with Gasteiger partial charge in [-0.25, -0.2) is 0 Å². The zero-order chi connectivity index (χ0) is 17.5. The van der Waals surface area contributed by atoms with Crippen molar-refractivity contribution in [3.8, 4) is 17.2 Å². The molecule has 0 radical (unpaired) electrons. The molecule has 24 heavy (non-hydrogen) atoms. The van der Waals surface area contributed by atoms with Gasteiger partial charge in [0.2, 0.25) is 5.75 Å². The fourth-order valence-electron chi connectivity index (χ4n) is 3.22. The minimum atomic E-state index is 0.0764. The molecule has 0 bridgehead atoms. The van der Waals surface area contributed by atoms with Gasteiger partial charge in [-0.1, -0.05) is 0 Å². The molecule has 0 spiro atoms. The highest BCUT2D eigenvalue weighted by atomic mass is 16.5. The average Bonchev–Trinajstić information content (AvgIpc) is 2.60. The number of likely N-dealkylation sites (tertiary alicyclic amines) is 1. The fourth-order valence-corrected chi connectivity index (χ4v) is 3.22. The third kappa shape index (κ3) is 4.54. The van der Waals surface area contributed by atoms with E-state index in [-0.39, 0.29) is 5.91 Å². The van der Waals surface area contributed by atoms with Crippen LogP contribution in [0.3, 0.4) is 0 Å². The number of quaternary nitrogens is 1. The van der Waals surface area contributed by atoms with Crippen LogP contribution in [0.4, 0.5) is 0 Å². The standard InChI is InChI=1S/C18H28N2O4/c1-13-7-5-6-8-20(13)12-17(21)19-11-14-9-15(22-2)18(24-4)16(10-14)23-3/h9-10,13H,5-8,11-12H2,1-4H3,(H,19,21)/p+1/t13-/m1/s1. The second-order valence-corrected chi connectivity index (χ2v) is 6.29. The highest BCUT2D eigenvalue weighted by Crippen LogP contribution is 2.38. The lowest BCUT2D eigenvalue weighted by Gasteiger charge is -2.29. The van der Waals surface area contributed by atoms with Gasteiger partial charge in [-0.2, -0.15) is 0 Å². The Balaban J connectivity index is 1.97. The first-order chi connectivity index (χ1) is 11.6. The number of carbonyl (C=O) groups is 1. The SMILES string of the molecule is COc1cc(CNC(=O)C[NH+]2CCCC[C@H]2C)cc(OC)c1OC. The van der Waals surface area contributed by atoms with Gasteiger partial charge in [-0.05, 0) is 43.9 Å². The Labute approximate surface area is 144 Å². The predicted octanol–water partition coefficient (Wildman–Crippen LogP) is 0.786. The maximum Gasteiger partial charge on any atom is 0.275 e. The summed E-state index contributed by atoms with van der Waals surface area (Å²) in [5.41, 5.74) is 0.916. The summed E-state index contributed by atoms with van der Waals surface area (Å²) < 4.78 is 16.0. The van der Waals surface area contributed by atoms with E-state index in [1.54, 1.807) is 21.3 Å². The lowest BCUT2D eigenvalue weighted by atomic mass is 10.0. The van der Waals surface area contributed by atoms with Crippen LogP contribution >= 0.6 is 0 Å². The van der Waals surface area contributed by atoms with Crippen molar-refractivity contribution in [2.45, 2.75) is 38.8 Å². The van der Waals surface area contributed by atoms with E-state index >= 15 is 0 Å². The number of amides is 1. The maximum atomic E-state index is 12.2. The van der Waals surface area contributed by atoms with Crippen molar-refractivity contribution in [3.63, 3.8) is 0 Å². The summed E-state index contributed by atoms with van der Waals surface area (Å²) in [5, 5.41) is 3.00. The number of benzene rings is 1. The molecule has 1 unspecified atom stereocenters. The zero-order valence-corrected chi connectivity index (χ0v) is 15.1. The minimum Gasteiger partial charge on any atom is -0.493 e. The summed E-state index contributed by atoms with van der Waals surface area (Å²) in [6.45, 7) is 4.28. The molecule has 2 rings (SSSR count). The van der Waals surface area contributed by atoms with Gasteiger partial charge in [0.1, 0.15) is 0 Å². The smallest absolute Gasteiger partial charge is 0.275 e. The number of methoxy groups -OCH3 is 3. The van der Waals surface area contributed by atoms with Crippen LogP contribution in [0.2, 0.25) is 0 Å². The largest absolute Gasteiger partial charge is 0.493 e. The topological polar surface area (TPSA) is 61.2 Å². The predicted molar refractivity (Wildman–Crippen MR) is 92.0 cm³/mol. The highest BCUT2D eigenvalue weighted by Gasteiger charge is 2.24. The molecule has 1 aromatic carbocycles. The van der Waals surface area contributed by atoms with Crippen molar-refractivity contribution < 1.29 is 23.9 Å². The van der Waals surface area contributed by atoms with Crippen molar-refractivity contribution in [1.82, 2.24) is 5.32 Å². The molecule has 1 aliphatic rings. The van der Waals surface area contributed by atoms with Gasteiger partial charge in [-0.3, -0.25) is 4.79 Å². The van der Waals surface area contributed by atoms with Gasteiger partial charge >= 0.3 is 0 Å². The minimum absolute atomic E-state index is 0.0764. The summed E-state index contributed by atoms with van der Waals surface area (Å²) in [7, 11) is 4.74. The number of ether oxygens (including phenoxy) is 3. The second kappa shape index (κ2) is 8.78. The molecule has 1 aromatic rings. The zero-order valence-electron chi connectivity index (χ0n) is 15.1. The van der Waals surface area contributed by atoms with E-state index in [1.807, 2.05) is 12.1 Å². The molecular formula is C18H29N2O4+. The average molecular weight is 337 g/mol. The van der Waals surface area contributed by atoms with Crippen molar-refractivity contribution in [2.75, 3.05) is 34.4 Å².